The van der Waals surface area contributed by atoms with Gasteiger partial charge in [-0.2, -0.15) is 0 Å². The second-order valence-corrected chi connectivity index (χ2v) is 7.62. The molecule has 0 aliphatic rings. The summed E-state index contributed by atoms with van der Waals surface area (Å²) >= 11 is 12.3. The minimum atomic E-state index is -0.679. The molecule has 29 heavy (non-hydrogen) atoms. The highest BCUT2D eigenvalue weighted by molar-refractivity contribution is 6.35. The first kappa shape index (κ1) is 23.0. The van der Waals surface area contributed by atoms with Gasteiger partial charge in [-0.05, 0) is 49.6 Å². The monoisotopic (exact) mass is 436 g/mol. The lowest BCUT2D eigenvalue weighted by Gasteiger charge is -2.29. The Morgan fingerprint density at radius 1 is 1.17 bits per heavy atom. The quantitative estimate of drug-likeness (QED) is 0.623. The fourth-order valence-corrected chi connectivity index (χ4v) is 3.22. The summed E-state index contributed by atoms with van der Waals surface area (Å²) in [5.41, 5.74) is 1.64. The van der Waals surface area contributed by atoms with Crippen LogP contribution in [0.1, 0.15) is 31.4 Å². The molecule has 0 bridgehead atoms. The summed E-state index contributed by atoms with van der Waals surface area (Å²) in [7, 11) is 0. The first-order valence-corrected chi connectivity index (χ1v) is 10.3. The van der Waals surface area contributed by atoms with Crippen LogP contribution in [0.2, 0.25) is 10.0 Å². The number of hydrogen-bond acceptors (Lipinski definition) is 3. The predicted molar refractivity (Wildman–Crippen MR) is 116 cm³/mol. The van der Waals surface area contributed by atoms with Crippen LogP contribution >= 0.6 is 23.2 Å². The number of nitrogens with one attached hydrogen (secondary N) is 1. The molecule has 7 heteroatoms. The molecule has 156 valence electrons. The number of hydrogen-bond donors (Lipinski definition) is 1. The Hall–Kier alpha value is -2.24. The first-order valence-electron chi connectivity index (χ1n) is 9.53. The maximum absolute atomic E-state index is 13.0. The van der Waals surface area contributed by atoms with Gasteiger partial charge in [0.25, 0.3) is 5.91 Å². The second-order valence-electron chi connectivity index (χ2n) is 6.78. The highest BCUT2D eigenvalue weighted by Crippen LogP contribution is 2.23. The van der Waals surface area contributed by atoms with Crippen LogP contribution in [0.25, 0.3) is 0 Å². The van der Waals surface area contributed by atoms with E-state index in [1.807, 2.05) is 32.0 Å². The van der Waals surface area contributed by atoms with E-state index >= 15 is 0 Å². The smallest absolute Gasteiger partial charge is 0.261 e. The van der Waals surface area contributed by atoms with E-state index in [1.54, 1.807) is 31.2 Å². The summed E-state index contributed by atoms with van der Waals surface area (Å²) < 4.78 is 5.70. The number of nitrogens with zero attached hydrogens (tertiary/aromatic N) is 1. The standard InChI is InChI=1S/C22H26Cl2N2O3/c1-4-11-25-22(28)16(3)26(13-17-9-10-18(23)12-19(17)24)21(27)14-29-20-8-6-5-7-15(20)2/h5-10,12,16H,4,11,13-14H2,1-3H3,(H,25,28). The fourth-order valence-electron chi connectivity index (χ4n) is 2.75. The van der Waals surface area contributed by atoms with Gasteiger partial charge in [-0.1, -0.05) is 54.4 Å². The molecule has 0 aliphatic carbocycles. The summed E-state index contributed by atoms with van der Waals surface area (Å²) in [4.78, 5) is 27.0. The minimum Gasteiger partial charge on any atom is -0.484 e. The van der Waals surface area contributed by atoms with Crippen LogP contribution in [-0.2, 0) is 16.1 Å². The van der Waals surface area contributed by atoms with Crippen molar-refractivity contribution in [3.05, 3.63) is 63.6 Å². The van der Waals surface area contributed by atoms with Gasteiger partial charge in [0.15, 0.2) is 6.61 Å². The fraction of sp³-hybridized carbons (Fsp3) is 0.364. The SMILES string of the molecule is CCCNC(=O)C(C)N(Cc1ccc(Cl)cc1Cl)C(=O)COc1ccccc1C. The summed E-state index contributed by atoms with van der Waals surface area (Å²) in [6, 6.07) is 11.9. The highest BCUT2D eigenvalue weighted by atomic mass is 35.5. The van der Waals surface area contributed by atoms with Crippen molar-refractivity contribution in [2.75, 3.05) is 13.2 Å². The van der Waals surface area contributed by atoms with Crippen molar-refractivity contribution in [2.45, 2.75) is 39.8 Å². The molecule has 2 aromatic carbocycles. The van der Waals surface area contributed by atoms with Crippen molar-refractivity contribution in [1.82, 2.24) is 10.2 Å². The molecular formula is C22H26Cl2N2O3. The molecule has 2 rings (SSSR count). The van der Waals surface area contributed by atoms with Gasteiger partial charge in [0, 0.05) is 23.1 Å². The summed E-state index contributed by atoms with van der Waals surface area (Å²) in [6.45, 7) is 6.12. The molecule has 0 radical (unpaired) electrons. The molecule has 0 heterocycles. The zero-order valence-electron chi connectivity index (χ0n) is 16.9. The molecule has 0 fully saturated rings. The molecule has 1 N–H and O–H groups in total. The molecule has 2 aromatic rings. The van der Waals surface area contributed by atoms with E-state index in [4.69, 9.17) is 27.9 Å². The van der Waals surface area contributed by atoms with E-state index in [-0.39, 0.29) is 25.0 Å². The molecule has 2 amide bonds. The Morgan fingerprint density at radius 3 is 2.55 bits per heavy atom. The molecule has 0 saturated heterocycles. The second kappa shape index (κ2) is 11.1. The van der Waals surface area contributed by atoms with Gasteiger partial charge in [0.1, 0.15) is 11.8 Å². The van der Waals surface area contributed by atoms with Crippen LogP contribution in [-0.4, -0.2) is 35.9 Å². The lowest BCUT2D eigenvalue weighted by atomic mass is 10.1. The number of benzene rings is 2. The van der Waals surface area contributed by atoms with Crippen molar-refractivity contribution in [1.29, 1.82) is 0 Å². The van der Waals surface area contributed by atoms with Gasteiger partial charge in [0.05, 0.1) is 0 Å². The molecule has 0 aliphatic heterocycles. The van der Waals surface area contributed by atoms with Crippen molar-refractivity contribution in [2.24, 2.45) is 0 Å². The largest absolute Gasteiger partial charge is 0.484 e. The lowest BCUT2D eigenvalue weighted by molar-refractivity contribution is -0.142. The third-order valence-electron chi connectivity index (χ3n) is 4.52. The third kappa shape index (κ3) is 6.65. The molecule has 1 atom stereocenters. The van der Waals surface area contributed by atoms with E-state index in [0.29, 0.717) is 27.9 Å². The normalized spacial score (nSPS) is 11.6. The number of carbonyl (C=O) groups excluding carboxylic acids is 2. The Balaban J connectivity index is 2.19. The van der Waals surface area contributed by atoms with E-state index in [2.05, 4.69) is 5.32 Å². The molecule has 0 spiro atoms. The van der Waals surface area contributed by atoms with Gasteiger partial charge < -0.3 is 15.0 Å². The molecule has 0 saturated carbocycles. The van der Waals surface area contributed by atoms with Crippen LogP contribution < -0.4 is 10.1 Å². The summed E-state index contributed by atoms with van der Waals surface area (Å²) in [5, 5.41) is 3.78. The average molecular weight is 437 g/mol. The molecule has 5 nitrogen and oxygen atoms in total. The van der Waals surface area contributed by atoms with Crippen LogP contribution in [0, 0.1) is 6.92 Å². The zero-order chi connectivity index (χ0) is 21.4. The van der Waals surface area contributed by atoms with E-state index in [1.165, 1.54) is 4.90 Å². The number of aryl methyl sites for hydroxylation is 1. The topological polar surface area (TPSA) is 58.6 Å². The van der Waals surface area contributed by atoms with Crippen molar-refractivity contribution >= 4 is 35.0 Å². The molecular weight excluding hydrogens is 411 g/mol. The Labute approximate surface area is 181 Å². The first-order chi connectivity index (χ1) is 13.8. The highest BCUT2D eigenvalue weighted by Gasteiger charge is 2.27. The van der Waals surface area contributed by atoms with Crippen molar-refractivity contribution in [3.63, 3.8) is 0 Å². The van der Waals surface area contributed by atoms with Crippen LogP contribution in [0.5, 0.6) is 5.75 Å². The number of rotatable bonds is 9. The van der Waals surface area contributed by atoms with Crippen LogP contribution in [0.4, 0.5) is 0 Å². The Bertz CT molecular complexity index is 858. The van der Waals surface area contributed by atoms with Gasteiger partial charge in [0.2, 0.25) is 5.91 Å². The van der Waals surface area contributed by atoms with E-state index in [0.717, 1.165) is 12.0 Å². The number of para-hydroxylation sites is 1. The predicted octanol–water partition coefficient (Wildman–Crippen LogP) is 4.62. The lowest BCUT2D eigenvalue weighted by Crippen LogP contribution is -2.49. The maximum atomic E-state index is 13.0. The van der Waals surface area contributed by atoms with Gasteiger partial charge >= 0.3 is 0 Å². The number of halogens is 2. The minimum absolute atomic E-state index is 0.173. The third-order valence-corrected chi connectivity index (χ3v) is 5.10. The van der Waals surface area contributed by atoms with E-state index < -0.39 is 6.04 Å². The Kier molecular flexibility index (Phi) is 8.80. The molecule has 1 unspecified atom stereocenters. The number of ether oxygens (including phenoxy) is 1. The summed E-state index contributed by atoms with van der Waals surface area (Å²) in [6.07, 6.45) is 0.811. The van der Waals surface area contributed by atoms with Crippen molar-refractivity contribution < 1.29 is 14.3 Å². The maximum Gasteiger partial charge on any atom is 0.261 e. The zero-order valence-corrected chi connectivity index (χ0v) is 18.4. The molecule has 0 aromatic heterocycles. The van der Waals surface area contributed by atoms with Gasteiger partial charge in [-0.3, -0.25) is 9.59 Å². The Morgan fingerprint density at radius 2 is 1.90 bits per heavy atom. The number of amides is 2. The van der Waals surface area contributed by atoms with Crippen LogP contribution in [0.3, 0.4) is 0 Å². The average Bonchev–Trinajstić information content (AvgIpc) is 2.70. The van der Waals surface area contributed by atoms with Gasteiger partial charge in [-0.25, -0.2) is 0 Å². The van der Waals surface area contributed by atoms with Crippen molar-refractivity contribution in [3.8, 4) is 5.75 Å². The van der Waals surface area contributed by atoms with Crippen LogP contribution in [0.15, 0.2) is 42.5 Å². The summed E-state index contributed by atoms with van der Waals surface area (Å²) in [5.74, 6) is 0.105. The number of carbonyl (C=O) groups is 2. The van der Waals surface area contributed by atoms with E-state index in [9.17, 15) is 9.59 Å². The van der Waals surface area contributed by atoms with Gasteiger partial charge in [-0.15, -0.1) is 0 Å².